The second-order valence-electron chi connectivity index (χ2n) is 8.64. The predicted octanol–water partition coefficient (Wildman–Crippen LogP) is 3.19. The Morgan fingerprint density at radius 1 is 1.03 bits per heavy atom. The summed E-state index contributed by atoms with van der Waals surface area (Å²) in [6.07, 6.45) is 3.95. The van der Waals surface area contributed by atoms with Crippen molar-refractivity contribution in [1.29, 1.82) is 0 Å². The molecule has 0 saturated carbocycles. The minimum absolute atomic E-state index is 0.00710. The van der Waals surface area contributed by atoms with Crippen molar-refractivity contribution in [2.75, 3.05) is 31.5 Å². The minimum Gasteiger partial charge on any atom is -0.342 e. The summed E-state index contributed by atoms with van der Waals surface area (Å²) in [5.74, 6) is 0.939. The molecule has 1 aromatic carbocycles. The van der Waals surface area contributed by atoms with Gasteiger partial charge in [0.05, 0.1) is 6.04 Å². The van der Waals surface area contributed by atoms with Crippen LogP contribution in [-0.2, 0) is 9.59 Å². The molecule has 0 aromatic heterocycles. The Hall–Kier alpha value is -2.21. The fraction of sp³-hybridized carbons (Fsp3) is 0.609. The van der Waals surface area contributed by atoms with Crippen molar-refractivity contribution in [2.45, 2.75) is 52.5 Å². The number of Topliss-reactive ketones (excluding diaryl/α,β-unsaturated/α-hetero) is 1. The van der Waals surface area contributed by atoms with Crippen LogP contribution >= 0.6 is 0 Å². The summed E-state index contributed by atoms with van der Waals surface area (Å²) in [6.45, 7) is 8.96. The number of amides is 2. The van der Waals surface area contributed by atoms with Gasteiger partial charge in [0.1, 0.15) is 0 Å². The zero-order valence-electron chi connectivity index (χ0n) is 17.8. The number of ketones is 1. The summed E-state index contributed by atoms with van der Waals surface area (Å²) in [5, 5.41) is 2.93. The topological polar surface area (TPSA) is 69.7 Å². The van der Waals surface area contributed by atoms with E-state index in [1.807, 2.05) is 6.92 Å². The summed E-state index contributed by atoms with van der Waals surface area (Å²) in [4.78, 5) is 41.0. The molecule has 6 heteroatoms. The third-order valence-electron chi connectivity index (χ3n) is 6.33. The quantitative estimate of drug-likeness (QED) is 0.772. The standard InChI is InChI=1S/C23H33N3O3/c1-16-5-4-12-26(15-16)23(29)20-10-13-25(14-11-20)17(2)22(28)24-21-8-6-19(7-9-21)18(3)27/h6-9,16-17,20H,4-5,10-15H2,1-3H3,(H,24,28). The molecule has 2 unspecified atom stereocenters. The molecule has 6 nitrogen and oxygen atoms in total. The van der Waals surface area contributed by atoms with Crippen LogP contribution in [0.5, 0.6) is 0 Å². The normalized spacial score (nSPS) is 22.2. The molecule has 2 heterocycles. The average molecular weight is 400 g/mol. The van der Waals surface area contributed by atoms with Gasteiger partial charge in [-0.1, -0.05) is 6.92 Å². The second kappa shape index (κ2) is 9.53. The highest BCUT2D eigenvalue weighted by Gasteiger charge is 2.33. The van der Waals surface area contributed by atoms with Crippen molar-refractivity contribution in [3.05, 3.63) is 29.8 Å². The third-order valence-corrected chi connectivity index (χ3v) is 6.33. The number of likely N-dealkylation sites (tertiary alicyclic amines) is 2. The van der Waals surface area contributed by atoms with Crippen LogP contribution in [-0.4, -0.2) is 59.6 Å². The molecule has 29 heavy (non-hydrogen) atoms. The number of rotatable bonds is 5. The smallest absolute Gasteiger partial charge is 0.241 e. The molecule has 0 spiro atoms. The second-order valence-corrected chi connectivity index (χ2v) is 8.64. The van der Waals surface area contributed by atoms with Crippen LogP contribution in [0, 0.1) is 11.8 Å². The summed E-state index contributed by atoms with van der Waals surface area (Å²) < 4.78 is 0. The molecule has 0 aliphatic carbocycles. The lowest BCUT2D eigenvalue weighted by molar-refractivity contribution is -0.139. The molecule has 2 fully saturated rings. The van der Waals surface area contributed by atoms with Gasteiger partial charge in [-0.2, -0.15) is 0 Å². The fourth-order valence-corrected chi connectivity index (χ4v) is 4.38. The highest BCUT2D eigenvalue weighted by atomic mass is 16.2. The summed E-state index contributed by atoms with van der Waals surface area (Å²) >= 11 is 0. The molecular formula is C23H33N3O3. The number of hydrogen-bond donors (Lipinski definition) is 1. The maximum atomic E-state index is 12.8. The Balaban J connectivity index is 1.48. The number of benzene rings is 1. The molecule has 0 bridgehead atoms. The number of nitrogens with one attached hydrogen (secondary N) is 1. The Bertz CT molecular complexity index is 738. The zero-order valence-corrected chi connectivity index (χ0v) is 17.8. The monoisotopic (exact) mass is 399 g/mol. The van der Waals surface area contributed by atoms with Crippen molar-refractivity contribution >= 4 is 23.3 Å². The minimum atomic E-state index is -0.256. The number of anilines is 1. The number of nitrogens with zero attached hydrogens (tertiary/aromatic N) is 2. The van der Waals surface area contributed by atoms with Crippen LogP contribution < -0.4 is 5.32 Å². The first-order valence-electron chi connectivity index (χ1n) is 10.8. The molecule has 0 radical (unpaired) electrons. The van der Waals surface area contributed by atoms with Crippen LogP contribution in [0.4, 0.5) is 5.69 Å². The fourth-order valence-electron chi connectivity index (χ4n) is 4.38. The van der Waals surface area contributed by atoms with Gasteiger partial charge in [-0.05, 0) is 82.8 Å². The van der Waals surface area contributed by atoms with Gasteiger partial charge < -0.3 is 10.2 Å². The lowest BCUT2D eigenvalue weighted by Gasteiger charge is -2.38. The largest absolute Gasteiger partial charge is 0.342 e. The van der Waals surface area contributed by atoms with E-state index in [9.17, 15) is 14.4 Å². The average Bonchev–Trinajstić information content (AvgIpc) is 2.73. The maximum absolute atomic E-state index is 12.8. The van der Waals surface area contributed by atoms with Crippen LogP contribution in [0.1, 0.15) is 56.8 Å². The highest BCUT2D eigenvalue weighted by molar-refractivity contribution is 5.97. The van der Waals surface area contributed by atoms with Gasteiger partial charge in [0.2, 0.25) is 11.8 Å². The van der Waals surface area contributed by atoms with Gasteiger partial charge in [0, 0.05) is 30.3 Å². The zero-order chi connectivity index (χ0) is 21.0. The van der Waals surface area contributed by atoms with Gasteiger partial charge in [0.15, 0.2) is 5.78 Å². The van der Waals surface area contributed by atoms with Crippen molar-refractivity contribution in [3.8, 4) is 0 Å². The predicted molar refractivity (Wildman–Crippen MR) is 114 cm³/mol. The van der Waals surface area contributed by atoms with E-state index in [1.165, 1.54) is 13.3 Å². The van der Waals surface area contributed by atoms with E-state index in [2.05, 4.69) is 22.0 Å². The van der Waals surface area contributed by atoms with E-state index in [4.69, 9.17) is 0 Å². The molecule has 1 aromatic rings. The van der Waals surface area contributed by atoms with Crippen LogP contribution in [0.3, 0.4) is 0 Å². The first-order chi connectivity index (χ1) is 13.8. The van der Waals surface area contributed by atoms with E-state index in [0.717, 1.165) is 45.4 Å². The van der Waals surface area contributed by atoms with Crippen LogP contribution in [0.2, 0.25) is 0 Å². The Kier molecular flexibility index (Phi) is 7.06. The molecular weight excluding hydrogens is 366 g/mol. The first kappa shape index (κ1) is 21.5. The van der Waals surface area contributed by atoms with E-state index in [0.29, 0.717) is 23.1 Å². The van der Waals surface area contributed by atoms with Gasteiger partial charge in [-0.3, -0.25) is 19.3 Å². The van der Waals surface area contributed by atoms with Crippen molar-refractivity contribution < 1.29 is 14.4 Å². The highest BCUT2D eigenvalue weighted by Crippen LogP contribution is 2.24. The number of piperidine rings is 2. The van der Waals surface area contributed by atoms with Gasteiger partial charge in [-0.15, -0.1) is 0 Å². The lowest BCUT2D eigenvalue weighted by atomic mass is 9.92. The van der Waals surface area contributed by atoms with Crippen molar-refractivity contribution in [3.63, 3.8) is 0 Å². The molecule has 1 N–H and O–H groups in total. The summed E-state index contributed by atoms with van der Waals surface area (Å²) in [6, 6.07) is 6.70. The number of carbonyl (C=O) groups is 3. The number of carbonyl (C=O) groups excluding carboxylic acids is 3. The van der Waals surface area contributed by atoms with Gasteiger partial charge >= 0.3 is 0 Å². The lowest BCUT2D eigenvalue weighted by Crippen LogP contribution is -2.49. The van der Waals surface area contributed by atoms with Gasteiger partial charge in [-0.25, -0.2) is 0 Å². The molecule has 2 atom stereocenters. The molecule has 3 rings (SSSR count). The van der Waals surface area contributed by atoms with E-state index < -0.39 is 0 Å². The number of hydrogen-bond acceptors (Lipinski definition) is 4. The molecule has 2 amide bonds. The van der Waals surface area contributed by atoms with E-state index in [-0.39, 0.29) is 23.7 Å². The van der Waals surface area contributed by atoms with Crippen LogP contribution in [0.15, 0.2) is 24.3 Å². The van der Waals surface area contributed by atoms with E-state index in [1.54, 1.807) is 24.3 Å². The third kappa shape index (κ3) is 5.44. The summed E-state index contributed by atoms with van der Waals surface area (Å²) in [7, 11) is 0. The van der Waals surface area contributed by atoms with Gasteiger partial charge in [0.25, 0.3) is 0 Å². The Morgan fingerprint density at radius 3 is 2.28 bits per heavy atom. The molecule has 2 aliphatic heterocycles. The molecule has 158 valence electrons. The maximum Gasteiger partial charge on any atom is 0.241 e. The SMILES string of the molecule is CC(=O)c1ccc(NC(=O)C(C)N2CCC(C(=O)N3CCCC(C)C3)CC2)cc1. The van der Waals surface area contributed by atoms with Crippen molar-refractivity contribution in [1.82, 2.24) is 9.80 Å². The van der Waals surface area contributed by atoms with E-state index >= 15 is 0 Å². The molecule has 2 saturated heterocycles. The van der Waals surface area contributed by atoms with Crippen molar-refractivity contribution in [2.24, 2.45) is 11.8 Å². The Morgan fingerprint density at radius 2 is 1.69 bits per heavy atom. The molecule has 2 aliphatic rings. The summed E-state index contributed by atoms with van der Waals surface area (Å²) in [5.41, 5.74) is 1.32. The Labute approximate surface area is 173 Å². The first-order valence-corrected chi connectivity index (χ1v) is 10.8. The van der Waals surface area contributed by atoms with Crippen LogP contribution in [0.25, 0.3) is 0 Å².